The summed E-state index contributed by atoms with van der Waals surface area (Å²) >= 11 is 1.91. The summed E-state index contributed by atoms with van der Waals surface area (Å²) in [5, 5.41) is 7.60. The van der Waals surface area contributed by atoms with Crippen LogP contribution in [0.4, 0.5) is 34.1 Å². The number of para-hydroxylation sites is 4. The fraction of sp³-hybridized carbons (Fsp3) is 0.0930. The zero-order valence-electron chi connectivity index (χ0n) is 52.0. The molecule has 2 aliphatic heterocycles. The Bertz CT molecular complexity index is 5470. The molecule has 0 atom stereocenters. The van der Waals surface area contributed by atoms with Gasteiger partial charge in [-0.15, -0.1) is 11.3 Å². The summed E-state index contributed by atoms with van der Waals surface area (Å²) in [6, 6.07) is 108. The summed E-state index contributed by atoms with van der Waals surface area (Å²) in [4.78, 5) is 5.50. The molecule has 0 bridgehead atoms. The van der Waals surface area contributed by atoms with Crippen molar-refractivity contribution in [2.24, 2.45) is 0 Å². The van der Waals surface area contributed by atoms with Crippen LogP contribution in [0.1, 0.15) is 51.7 Å². The van der Waals surface area contributed by atoms with Gasteiger partial charge in [0.15, 0.2) is 0 Å². The summed E-state index contributed by atoms with van der Waals surface area (Å²) in [6.07, 6.45) is 3.11. The molecule has 0 N–H and O–H groups in total. The SMILES string of the molecule is CCCCc1ccc2sc3ccccc3c2c1N1c2cc(-n3c4ccccc4c4ccccc43)ccc2B2c3ccc(-n4c5ccccc5c5ccccc54)cc3N(c3c(-c4ccccc4)cc(-c4ccccc4)cc3-c3ccccc3)c3cc(C(C)(C)C)cc1c32. The number of hydrogen-bond donors (Lipinski definition) is 0. The second-order valence-electron chi connectivity index (χ2n) is 26.2. The number of rotatable bonds is 10. The maximum absolute atomic E-state index is 2.77. The van der Waals surface area contributed by atoms with Crippen molar-refractivity contribution in [2.75, 3.05) is 9.80 Å². The largest absolute Gasteiger partial charge is 0.310 e. The Morgan fingerprint density at radius 1 is 0.370 bits per heavy atom. The van der Waals surface area contributed by atoms with Crippen molar-refractivity contribution in [1.82, 2.24) is 9.13 Å². The van der Waals surface area contributed by atoms with Gasteiger partial charge < -0.3 is 18.9 Å². The maximum Gasteiger partial charge on any atom is 0.252 e. The smallest absolute Gasteiger partial charge is 0.252 e. The van der Waals surface area contributed by atoms with Gasteiger partial charge in [0.05, 0.1) is 33.4 Å². The molecule has 0 saturated heterocycles. The highest BCUT2D eigenvalue weighted by Crippen LogP contribution is 2.55. The summed E-state index contributed by atoms with van der Waals surface area (Å²) < 4.78 is 7.62. The Hall–Kier alpha value is -10.7. The summed E-state index contributed by atoms with van der Waals surface area (Å²) in [6.45, 7) is 9.37. The number of benzene rings is 13. The number of anilines is 6. The molecule has 2 aliphatic rings. The molecule has 16 aromatic rings. The van der Waals surface area contributed by atoms with Crippen molar-refractivity contribution < 1.29 is 0 Å². The molecule has 13 aromatic carbocycles. The lowest BCUT2D eigenvalue weighted by atomic mass is 9.33. The van der Waals surface area contributed by atoms with Crippen LogP contribution in [-0.4, -0.2) is 15.8 Å². The average Bonchev–Trinajstić information content (AvgIpc) is 0.757. The van der Waals surface area contributed by atoms with Crippen LogP contribution in [0.2, 0.25) is 0 Å². The van der Waals surface area contributed by atoms with E-state index in [0.717, 1.165) is 64.3 Å². The van der Waals surface area contributed by atoms with E-state index < -0.39 is 0 Å². The van der Waals surface area contributed by atoms with E-state index in [1.54, 1.807) is 0 Å². The van der Waals surface area contributed by atoms with Crippen LogP contribution in [0, 0.1) is 0 Å². The molecule has 92 heavy (non-hydrogen) atoms. The molecule has 0 radical (unpaired) electrons. The third kappa shape index (κ3) is 8.36. The molecule has 0 fully saturated rings. The van der Waals surface area contributed by atoms with Gasteiger partial charge in [-0.2, -0.15) is 0 Å². The van der Waals surface area contributed by atoms with Gasteiger partial charge in [0, 0.05) is 87.0 Å². The van der Waals surface area contributed by atoms with E-state index in [1.165, 1.54) is 125 Å². The van der Waals surface area contributed by atoms with E-state index in [9.17, 15) is 0 Å². The van der Waals surface area contributed by atoms with E-state index in [2.05, 4.69) is 332 Å². The van der Waals surface area contributed by atoms with Gasteiger partial charge in [-0.3, -0.25) is 0 Å². The van der Waals surface area contributed by atoms with Crippen molar-refractivity contribution in [1.29, 1.82) is 0 Å². The molecular weight excluding hydrogens is 1130 g/mol. The molecule has 0 unspecified atom stereocenters. The van der Waals surface area contributed by atoms with Crippen molar-refractivity contribution in [3.05, 3.63) is 296 Å². The molecule has 4 nitrogen and oxygen atoms in total. The predicted octanol–water partition coefficient (Wildman–Crippen LogP) is 22.0. The maximum atomic E-state index is 2.77. The highest BCUT2D eigenvalue weighted by atomic mass is 32.1. The lowest BCUT2D eigenvalue weighted by Gasteiger charge is -2.46. The summed E-state index contributed by atoms with van der Waals surface area (Å²) in [5.41, 5.74) is 27.3. The number of thiophene rings is 1. The van der Waals surface area contributed by atoms with Crippen LogP contribution in [-0.2, 0) is 11.8 Å². The molecule has 438 valence electrons. The summed E-state index contributed by atoms with van der Waals surface area (Å²) in [7, 11) is 0. The van der Waals surface area contributed by atoms with Gasteiger partial charge in [-0.05, 0) is 153 Å². The molecule has 0 amide bonds. The van der Waals surface area contributed by atoms with Crippen LogP contribution in [0.5, 0.6) is 0 Å². The first kappa shape index (κ1) is 54.3. The Labute approximate surface area is 541 Å². The second-order valence-corrected chi connectivity index (χ2v) is 27.3. The lowest BCUT2D eigenvalue weighted by molar-refractivity contribution is 0.590. The number of hydrogen-bond acceptors (Lipinski definition) is 3. The Kier molecular flexibility index (Phi) is 12.5. The molecule has 0 spiro atoms. The van der Waals surface area contributed by atoms with Crippen LogP contribution in [0.15, 0.2) is 285 Å². The van der Waals surface area contributed by atoms with E-state index in [1.807, 2.05) is 11.3 Å². The number of nitrogens with zero attached hydrogens (tertiary/aromatic N) is 4. The minimum Gasteiger partial charge on any atom is -0.310 e. The molecule has 18 rings (SSSR count). The van der Waals surface area contributed by atoms with Crippen LogP contribution in [0.25, 0.3) is 109 Å². The number of aryl methyl sites for hydroxylation is 1. The Morgan fingerprint density at radius 2 is 0.804 bits per heavy atom. The molecule has 6 heteroatoms. The van der Waals surface area contributed by atoms with Gasteiger partial charge in [-0.1, -0.05) is 234 Å². The molecular formula is C86H65BN4S. The zero-order valence-corrected chi connectivity index (χ0v) is 52.8. The first-order valence-corrected chi connectivity index (χ1v) is 33.4. The highest BCUT2D eigenvalue weighted by molar-refractivity contribution is 7.26. The fourth-order valence-electron chi connectivity index (χ4n) is 15.6. The van der Waals surface area contributed by atoms with Gasteiger partial charge >= 0.3 is 0 Å². The molecule has 0 aliphatic carbocycles. The van der Waals surface area contributed by atoms with Gasteiger partial charge in [0.2, 0.25) is 0 Å². The van der Waals surface area contributed by atoms with Crippen molar-refractivity contribution in [3.63, 3.8) is 0 Å². The first-order chi connectivity index (χ1) is 45.3. The highest BCUT2D eigenvalue weighted by Gasteiger charge is 2.46. The van der Waals surface area contributed by atoms with Crippen molar-refractivity contribution >= 4 is 132 Å². The van der Waals surface area contributed by atoms with Crippen LogP contribution >= 0.6 is 11.3 Å². The monoisotopic (exact) mass is 1200 g/mol. The topological polar surface area (TPSA) is 16.3 Å². The van der Waals surface area contributed by atoms with E-state index in [0.29, 0.717) is 0 Å². The van der Waals surface area contributed by atoms with Gasteiger partial charge in [0.1, 0.15) is 0 Å². The normalized spacial score (nSPS) is 12.8. The Balaban J connectivity index is 1.02. The third-order valence-corrected chi connectivity index (χ3v) is 21.0. The van der Waals surface area contributed by atoms with Crippen LogP contribution < -0.4 is 26.2 Å². The Morgan fingerprint density at radius 3 is 1.28 bits per heavy atom. The van der Waals surface area contributed by atoms with Crippen molar-refractivity contribution in [3.8, 4) is 44.8 Å². The minimum absolute atomic E-state index is 0.174. The van der Waals surface area contributed by atoms with E-state index in [4.69, 9.17) is 0 Å². The molecule has 3 aromatic heterocycles. The fourth-order valence-corrected chi connectivity index (χ4v) is 16.7. The first-order valence-electron chi connectivity index (χ1n) is 32.6. The molecule has 5 heterocycles. The van der Waals surface area contributed by atoms with E-state index in [-0.39, 0.29) is 12.1 Å². The standard InChI is InChI=1S/C86H65BN4S/c1-5-6-26-58-43-48-81-82(67-37-20-25-42-80(67)92-81)84(58)90-76-53-61(88-72-38-21-16-33-63(72)64-34-17-22-39-73(64)88)44-46-70(76)87-71-47-45-62(89-74-40-23-18-35-65(74)66-36-19-24-41-75(66)89)54-77(71)91(79-52-60(86(2,3)4)51-78(90)83(79)87)85-68(56-29-12-8-13-30-56)49-59(55-27-10-7-11-28-55)50-69(85)57-31-14-9-15-32-57/h7-25,27-54H,5-6,26H2,1-4H3. The zero-order chi connectivity index (χ0) is 61.3. The average molecular weight is 1200 g/mol. The lowest BCUT2D eigenvalue weighted by Crippen LogP contribution is -2.61. The molecule has 0 saturated carbocycles. The van der Waals surface area contributed by atoms with Gasteiger partial charge in [-0.25, -0.2) is 0 Å². The number of fused-ring (bicyclic) bond motifs is 13. The number of aromatic nitrogens is 2. The minimum atomic E-state index is -0.275. The predicted molar refractivity (Wildman–Crippen MR) is 396 cm³/mol. The van der Waals surface area contributed by atoms with Gasteiger partial charge in [0.25, 0.3) is 6.71 Å². The van der Waals surface area contributed by atoms with Crippen molar-refractivity contribution in [2.45, 2.75) is 52.4 Å². The summed E-state index contributed by atoms with van der Waals surface area (Å²) in [5.74, 6) is 0. The third-order valence-electron chi connectivity index (χ3n) is 19.8. The quantitative estimate of drug-likeness (QED) is 0.127. The van der Waals surface area contributed by atoms with Crippen LogP contribution in [0.3, 0.4) is 0 Å². The number of unbranched alkanes of at least 4 members (excludes halogenated alkanes) is 1. The van der Waals surface area contributed by atoms with E-state index >= 15 is 0 Å². The second kappa shape index (κ2) is 21.2.